The normalized spacial score (nSPS) is 13.2. The minimum absolute atomic E-state index is 0.0574. The first kappa shape index (κ1) is 46.0. The molecule has 298 valence electrons. The molecule has 0 heterocycles. The Morgan fingerprint density at radius 2 is 1.38 bits per heavy atom. The van der Waals surface area contributed by atoms with Gasteiger partial charge in [0.05, 0.1) is 59.2 Å². The third-order valence-electron chi connectivity index (χ3n) is 8.39. The lowest BCUT2D eigenvalue weighted by molar-refractivity contribution is -0.156. The Morgan fingerprint density at radius 1 is 0.800 bits per heavy atom. The third kappa shape index (κ3) is 13.1. The minimum Gasteiger partial charge on any atom is -0.497 e. The third-order valence-corrected chi connectivity index (χ3v) is 12.6. The summed E-state index contributed by atoms with van der Waals surface area (Å²) in [6.45, 7) is 9.99. The van der Waals surface area contributed by atoms with Crippen molar-refractivity contribution < 1.29 is 37.5 Å². The average molecular weight is 812 g/mol. The van der Waals surface area contributed by atoms with Gasteiger partial charge >= 0.3 is 5.97 Å². The van der Waals surface area contributed by atoms with E-state index in [9.17, 15) is 10.1 Å². The van der Waals surface area contributed by atoms with Crippen LogP contribution in [0.1, 0.15) is 64.2 Å². The zero-order valence-electron chi connectivity index (χ0n) is 32.9. The van der Waals surface area contributed by atoms with Gasteiger partial charge in [0.25, 0.3) is 8.53 Å². The summed E-state index contributed by atoms with van der Waals surface area (Å²) in [7, 11) is 4.73. The highest BCUT2D eigenvalue weighted by molar-refractivity contribution is 8.76. The second kappa shape index (κ2) is 24.3. The quantitative estimate of drug-likeness (QED) is 0.0191. The van der Waals surface area contributed by atoms with Crippen molar-refractivity contribution in [2.45, 2.75) is 65.1 Å². The van der Waals surface area contributed by atoms with Crippen LogP contribution >= 0.6 is 30.1 Å². The maximum atomic E-state index is 13.2. The van der Waals surface area contributed by atoms with Gasteiger partial charge in [0, 0.05) is 24.4 Å². The van der Waals surface area contributed by atoms with Crippen molar-refractivity contribution >= 4 is 36.1 Å². The van der Waals surface area contributed by atoms with Gasteiger partial charge in [-0.2, -0.15) is 10.5 Å². The van der Waals surface area contributed by atoms with Gasteiger partial charge in [-0.15, -0.1) is 0 Å². The molecule has 2 unspecified atom stereocenters. The summed E-state index contributed by atoms with van der Waals surface area (Å²) in [6.07, 6.45) is 0.936. The van der Waals surface area contributed by atoms with Gasteiger partial charge in [-0.25, -0.2) is 4.67 Å². The molecule has 3 aromatic carbocycles. The minimum atomic E-state index is -1.70. The number of nitriles is 2. The van der Waals surface area contributed by atoms with Crippen LogP contribution in [0.25, 0.3) is 0 Å². The Morgan fingerprint density at radius 3 is 1.89 bits per heavy atom. The molecular weight excluding hydrogens is 758 g/mol. The summed E-state index contributed by atoms with van der Waals surface area (Å²) in [5.41, 5.74) is 0.342. The Bertz CT molecular complexity index is 1580. The van der Waals surface area contributed by atoms with E-state index in [0.717, 1.165) is 40.4 Å². The number of nitrogens with zero attached hydrogens (tertiary/aromatic N) is 3. The average Bonchev–Trinajstić information content (AvgIpc) is 3.20. The van der Waals surface area contributed by atoms with Crippen LogP contribution in [0.15, 0.2) is 78.9 Å². The van der Waals surface area contributed by atoms with E-state index >= 15 is 0 Å². The molecule has 0 amide bonds. The number of ether oxygens (including phenoxy) is 5. The van der Waals surface area contributed by atoms with Crippen molar-refractivity contribution in [1.82, 2.24) is 4.67 Å². The highest BCUT2D eigenvalue weighted by Crippen LogP contribution is 2.47. The molecule has 0 saturated carbocycles. The van der Waals surface area contributed by atoms with Gasteiger partial charge in [-0.1, -0.05) is 76.2 Å². The number of hydrogen-bond donors (Lipinski definition) is 0. The molecule has 55 heavy (non-hydrogen) atoms. The highest BCUT2D eigenvalue weighted by Gasteiger charge is 2.44. The van der Waals surface area contributed by atoms with Crippen LogP contribution in [-0.2, 0) is 33.7 Å². The topological polar surface area (TPSA) is 133 Å². The van der Waals surface area contributed by atoms with E-state index in [1.165, 1.54) is 10.8 Å². The first-order valence-electron chi connectivity index (χ1n) is 18.2. The molecule has 0 aromatic heterocycles. The Balaban J connectivity index is 1.65. The van der Waals surface area contributed by atoms with E-state index in [0.29, 0.717) is 6.61 Å². The first-order valence-corrected chi connectivity index (χ1v) is 21.8. The van der Waals surface area contributed by atoms with Crippen molar-refractivity contribution in [3.05, 3.63) is 95.6 Å². The number of methoxy groups -OCH3 is 2. The van der Waals surface area contributed by atoms with Crippen LogP contribution in [-0.4, -0.2) is 81.7 Å². The largest absolute Gasteiger partial charge is 0.497 e. The fraction of sp³-hybridized carbons (Fsp3) is 0.488. The van der Waals surface area contributed by atoms with Gasteiger partial charge in [0.15, 0.2) is 0 Å². The number of hydrogen-bond acceptors (Lipinski definition) is 13. The lowest BCUT2D eigenvalue weighted by Gasteiger charge is -2.36. The molecule has 0 aliphatic carbocycles. The van der Waals surface area contributed by atoms with Crippen LogP contribution in [0.3, 0.4) is 0 Å². The molecule has 0 bridgehead atoms. The summed E-state index contributed by atoms with van der Waals surface area (Å²) < 4.78 is 43.2. The van der Waals surface area contributed by atoms with E-state index in [1.54, 1.807) is 31.9 Å². The molecule has 0 spiro atoms. The zero-order chi connectivity index (χ0) is 40.1. The molecule has 11 nitrogen and oxygen atoms in total. The zero-order valence-corrected chi connectivity index (χ0v) is 35.4. The van der Waals surface area contributed by atoms with Crippen molar-refractivity contribution in [3.63, 3.8) is 0 Å². The molecule has 14 heteroatoms. The van der Waals surface area contributed by atoms with Crippen LogP contribution in [0.2, 0.25) is 0 Å². The van der Waals surface area contributed by atoms with Crippen molar-refractivity contribution in [3.8, 4) is 23.6 Å². The summed E-state index contributed by atoms with van der Waals surface area (Å²) >= 11 is 0. The van der Waals surface area contributed by atoms with Gasteiger partial charge in [-0.3, -0.25) is 4.79 Å². The van der Waals surface area contributed by atoms with Gasteiger partial charge in [-0.05, 0) is 82.0 Å². The maximum absolute atomic E-state index is 13.2. The molecule has 0 aliphatic rings. The fourth-order valence-corrected chi connectivity index (χ4v) is 9.14. The predicted octanol–water partition coefficient (Wildman–Crippen LogP) is 9.12. The number of esters is 1. The first-order chi connectivity index (χ1) is 26.6. The van der Waals surface area contributed by atoms with Crippen LogP contribution in [0, 0.1) is 28.1 Å². The van der Waals surface area contributed by atoms with Crippen molar-refractivity contribution in [1.29, 1.82) is 10.5 Å². The standard InChI is InChI=1S/C41H54N3O8PS2/c1-8-49-39(45)40(28-43,30-52-53(51-26-12-24-42)44(32(2)3)33(4)5)29-48-31-55-54-27-13-25-50-41(34-14-10-9-11-15-34,35-16-20-37(46-6)21-17-35)36-18-22-38(47-7)23-19-36/h9-11,14-23,32-33H,8,12-13,25-27,29-31H2,1-7H3. The molecule has 3 aromatic rings. The van der Waals surface area contributed by atoms with Crippen LogP contribution in [0.5, 0.6) is 11.5 Å². The van der Waals surface area contributed by atoms with Crippen molar-refractivity contribution in [2.24, 2.45) is 5.41 Å². The van der Waals surface area contributed by atoms with Gasteiger partial charge in [0.1, 0.15) is 23.0 Å². The molecule has 0 N–H and O–H groups in total. The number of rotatable bonds is 26. The molecule has 0 radical (unpaired) electrons. The molecule has 3 rings (SSSR count). The van der Waals surface area contributed by atoms with Crippen molar-refractivity contribution in [2.75, 3.05) is 58.9 Å². The summed E-state index contributed by atoms with van der Waals surface area (Å²) in [5, 5.41) is 19.3. The maximum Gasteiger partial charge on any atom is 0.331 e. The molecular formula is C41H54N3O8PS2. The van der Waals surface area contributed by atoms with E-state index in [1.807, 2.05) is 99.1 Å². The number of carbonyl (C=O) groups excluding carboxylic acids is 1. The molecule has 0 fully saturated rings. The second-order valence-corrected chi connectivity index (χ2v) is 16.8. The second-order valence-electron chi connectivity index (χ2n) is 12.8. The lowest BCUT2D eigenvalue weighted by Crippen LogP contribution is -2.41. The molecule has 0 aliphatic heterocycles. The van der Waals surface area contributed by atoms with Crippen LogP contribution in [0.4, 0.5) is 0 Å². The monoisotopic (exact) mass is 811 g/mol. The summed E-state index contributed by atoms with van der Waals surface area (Å²) in [6, 6.07) is 30.4. The predicted molar refractivity (Wildman–Crippen MR) is 220 cm³/mol. The van der Waals surface area contributed by atoms with Gasteiger partial charge in [0.2, 0.25) is 5.41 Å². The summed E-state index contributed by atoms with van der Waals surface area (Å²) in [5.74, 6) is 1.80. The Hall–Kier alpha value is -3.36. The number of carbonyl (C=O) groups is 1. The van der Waals surface area contributed by atoms with E-state index in [2.05, 4.69) is 24.3 Å². The van der Waals surface area contributed by atoms with E-state index < -0.39 is 25.5 Å². The molecule has 0 saturated heterocycles. The Labute approximate surface area is 336 Å². The fourth-order valence-electron chi connectivity index (χ4n) is 5.78. The van der Waals surface area contributed by atoms with E-state index in [-0.39, 0.29) is 50.9 Å². The van der Waals surface area contributed by atoms with Gasteiger partial charge < -0.3 is 32.7 Å². The SMILES string of the molecule is CCOC(=O)C(C#N)(COCSSCCCOC(c1ccccc1)(c1ccc(OC)cc1)c1ccc(OC)cc1)COP(OCCC#N)N(C(C)C)C(C)C. The molecule has 2 atom stereocenters. The van der Waals surface area contributed by atoms with Crippen LogP contribution < -0.4 is 9.47 Å². The van der Waals surface area contributed by atoms with E-state index in [4.69, 9.17) is 38.0 Å². The summed E-state index contributed by atoms with van der Waals surface area (Å²) in [4.78, 5) is 13.2. The lowest BCUT2D eigenvalue weighted by atomic mass is 9.80. The Kier molecular flexibility index (Phi) is 20.3. The highest BCUT2D eigenvalue weighted by atomic mass is 33.1. The smallest absolute Gasteiger partial charge is 0.331 e. The number of benzene rings is 3.